The van der Waals surface area contributed by atoms with E-state index < -0.39 is 34.2 Å². The maximum Gasteiger partial charge on any atom is 0.453 e. The Morgan fingerprint density at radius 2 is 1.56 bits per heavy atom. The highest BCUT2D eigenvalue weighted by Crippen LogP contribution is 2.42. The van der Waals surface area contributed by atoms with Crippen molar-refractivity contribution >= 4 is 9.84 Å². The first kappa shape index (κ1) is 19.1. The number of hydrogen-bond donors (Lipinski definition) is 0. The molecule has 0 radical (unpaired) electrons. The van der Waals surface area contributed by atoms with E-state index >= 15 is 0 Å². The van der Waals surface area contributed by atoms with E-state index in [9.17, 15) is 26.0 Å². The Kier molecular flexibility index (Phi) is 5.05. The van der Waals surface area contributed by atoms with Crippen molar-refractivity contribution < 1.29 is 30.5 Å². The van der Waals surface area contributed by atoms with E-state index in [1.165, 1.54) is 36.4 Å². The minimum atomic E-state index is -4.75. The molecule has 0 saturated heterocycles. The Labute approximate surface area is 152 Å². The van der Waals surface area contributed by atoms with Crippen LogP contribution in [0.25, 0.3) is 22.4 Å². The van der Waals surface area contributed by atoms with Gasteiger partial charge in [-0.15, -0.1) is 0 Å². The maximum absolute atomic E-state index is 13.3. The number of alkyl halides is 4. The van der Waals surface area contributed by atoms with Crippen LogP contribution in [0.5, 0.6) is 0 Å². The second-order valence-corrected chi connectivity index (χ2v) is 7.74. The van der Waals surface area contributed by atoms with Gasteiger partial charge in [0.25, 0.3) is 0 Å². The molecule has 142 valence electrons. The Morgan fingerprint density at radius 1 is 0.926 bits per heavy atom. The van der Waals surface area contributed by atoms with Crippen molar-refractivity contribution in [2.24, 2.45) is 0 Å². The summed E-state index contributed by atoms with van der Waals surface area (Å²) in [4.78, 5) is -0.121. The second kappa shape index (κ2) is 7.15. The molecule has 1 heterocycles. The van der Waals surface area contributed by atoms with E-state index in [0.29, 0.717) is 0 Å². The van der Waals surface area contributed by atoms with Crippen LogP contribution in [-0.4, -0.2) is 26.0 Å². The van der Waals surface area contributed by atoms with Gasteiger partial charge >= 0.3 is 6.18 Å². The number of rotatable bonds is 5. The van der Waals surface area contributed by atoms with Gasteiger partial charge < -0.3 is 4.52 Å². The Hall–Kier alpha value is -2.68. The fraction of sp³-hybridized carbons (Fsp3) is 0.167. The molecule has 0 N–H and O–H groups in total. The van der Waals surface area contributed by atoms with Crippen LogP contribution in [0.4, 0.5) is 17.6 Å². The molecule has 0 fully saturated rings. The quantitative estimate of drug-likeness (QED) is 0.580. The third kappa shape index (κ3) is 3.87. The van der Waals surface area contributed by atoms with Crippen molar-refractivity contribution in [3.05, 3.63) is 60.4 Å². The molecule has 0 saturated carbocycles. The van der Waals surface area contributed by atoms with Gasteiger partial charge in [-0.2, -0.15) is 13.2 Å². The van der Waals surface area contributed by atoms with Crippen LogP contribution in [-0.2, 0) is 16.0 Å². The van der Waals surface area contributed by atoms with Crippen molar-refractivity contribution in [2.45, 2.75) is 11.1 Å². The zero-order valence-electron chi connectivity index (χ0n) is 13.7. The molecular formula is C18H13F4NO3S. The summed E-state index contributed by atoms with van der Waals surface area (Å²) in [5.41, 5.74) is 0.202. The van der Waals surface area contributed by atoms with Crippen LogP contribution in [0, 0.1) is 0 Å². The number of aromatic nitrogens is 1. The summed E-state index contributed by atoms with van der Waals surface area (Å²) in [5, 5.41) is 3.55. The summed E-state index contributed by atoms with van der Waals surface area (Å²) in [7, 11) is -3.79. The first-order chi connectivity index (χ1) is 12.7. The average molecular weight is 399 g/mol. The number of sulfone groups is 1. The zero-order chi connectivity index (χ0) is 19.7. The highest BCUT2D eigenvalue weighted by Gasteiger charge is 2.41. The van der Waals surface area contributed by atoms with E-state index in [0.717, 1.165) is 0 Å². The van der Waals surface area contributed by atoms with Crippen molar-refractivity contribution in [2.75, 3.05) is 12.4 Å². The summed E-state index contributed by atoms with van der Waals surface area (Å²) in [6.45, 7) is -1.03. The van der Waals surface area contributed by atoms with Gasteiger partial charge in [0.2, 0.25) is 5.76 Å². The molecule has 0 spiro atoms. The molecule has 0 aliphatic carbocycles. The van der Waals surface area contributed by atoms with E-state index in [-0.39, 0.29) is 27.3 Å². The molecule has 0 aliphatic heterocycles. The standard InChI is InChI=1S/C18H13F4NO3S/c19-10-11-27(24,25)14-8-6-13(7-9-14)16-15(12-4-2-1-3-5-12)17(26-23-16)18(20,21)22/h1-9H,10-11H2. The highest BCUT2D eigenvalue weighted by atomic mass is 32.2. The average Bonchev–Trinajstić information content (AvgIpc) is 3.08. The molecule has 0 unspecified atom stereocenters. The molecule has 4 nitrogen and oxygen atoms in total. The Morgan fingerprint density at radius 3 is 2.11 bits per heavy atom. The third-order valence-corrected chi connectivity index (χ3v) is 5.53. The van der Waals surface area contributed by atoms with Gasteiger partial charge in [-0.25, -0.2) is 12.8 Å². The number of nitrogens with zero attached hydrogens (tertiary/aromatic N) is 1. The minimum absolute atomic E-state index is 0.0667. The lowest BCUT2D eigenvalue weighted by molar-refractivity contribution is -0.154. The number of halogens is 4. The van der Waals surface area contributed by atoms with Gasteiger partial charge in [0.15, 0.2) is 9.84 Å². The third-order valence-electron chi connectivity index (χ3n) is 3.84. The van der Waals surface area contributed by atoms with E-state index in [1.54, 1.807) is 18.2 Å². The van der Waals surface area contributed by atoms with Crippen LogP contribution < -0.4 is 0 Å². The van der Waals surface area contributed by atoms with Crippen LogP contribution >= 0.6 is 0 Å². The molecule has 0 atom stereocenters. The molecule has 0 bridgehead atoms. The summed E-state index contributed by atoms with van der Waals surface area (Å²) < 4.78 is 80.6. The first-order valence-corrected chi connectivity index (χ1v) is 9.40. The molecule has 9 heteroatoms. The van der Waals surface area contributed by atoms with Crippen LogP contribution in [0.3, 0.4) is 0 Å². The predicted octanol–water partition coefficient (Wildman–Crippen LogP) is 4.77. The van der Waals surface area contributed by atoms with Crippen LogP contribution in [0.2, 0.25) is 0 Å². The molecule has 0 amide bonds. The second-order valence-electron chi connectivity index (χ2n) is 5.63. The lowest BCUT2D eigenvalue weighted by Gasteiger charge is -2.08. The van der Waals surface area contributed by atoms with Gasteiger partial charge in [0.1, 0.15) is 12.4 Å². The smallest absolute Gasteiger partial charge is 0.350 e. The van der Waals surface area contributed by atoms with Gasteiger partial charge in [0, 0.05) is 5.56 Å². The molecular weight excluding hydrogens is 386 g/mol. The van der Waals surface area contributed by atoms with Crippen molar-refractivity contribution in [1.29, 1.82) is 0 Å². The Bertz CT molecular complexity index is 1030. The monoisotopic (exact) mass is 399 g/mol. The van der Waals surface area contributed by atoms with Gasteiger partial charge in [-0.05, 0) is 17.7 Å². The van der Waals surface area contributed by atoms with Crippen LogP contribution in [0.1, 0.15) is 5.76 Å². The summed E-state index contributed by atoms with van der Waals surface area (Å²) in [6.07, 6.45) is -4.75. The zero-order valence-corrected chi connectivity index (χ0v) is 14.5. The normalized spacial score (nSPS) is 12.3. The molecule has 1 aromatic heterocycles. The van der Waals surface area contributed by atoms with Gasteiger partial charge in [0.05, 0.1) is 16.2 Å². The predicted molar refractivity (Wildman–Crippen MR) is 90.4 cm³/mol. The summed E-state index contributed by atoms with van der Waals surface area (Å²) >= 11 is 0. The fourth-order valence-electron chi connectivity index (χ4n) is 2.59. The number of hydrogen-bond acceptors (Lipinski definition) is 4. The fourth-order valence-corrected chi connectivity index (χ4v) is 3.58. The maximum atomic E-state index is 13.3. The highest BCUT2D eigenvalue weighted by molar-refractivity contribution is 7.91. The van der Waals surface area contributed by atoms with Crippen LogP contribution in [0.15, 0.2) is 64.0 Å². The largest absolute Gasteiger partial charge is 0.453 e. The minimum Gasteiger partial charge on any atom is -0.350 e. The molecule has 27 heavy (non-hydrogen) atoms. The SMILES string of the molecule is O=S(=O)(CCF)c1ccc(-c2noc(C(F)(F)F)c2-c2ccccc2)cc1. The van der Waals surface area contributed by atoms with Crippen molar-refractivity contribution in [3.8, 4) is 22.4 Å². The van der Waals surface area contributed by atoms with Crippen molar-refractivity contribution in [1.82, 2.24) is 5.16 Å². The lowest BCUT2D eigenvalue weighted by atomic mass is 9.99. The molecule has 3 rings (SSSR count). The van der Waals surface area contributed by atoms with E-state index in [1.807, 2.05) is 0 Å². The van der Waals surface area contributed by atoms with Gasteiger partial charge in [-0.3, -0.25) is 0 Å². The van der Waals surface area contributed by atoms with E-state index in [2.05, 4.69) is 9.68 Å². The van der Waals surface area contributed by atoms with E-state index in [4.69, 9.17) is 0 Å². The molecule has 3 aromatic rings. The van der Waals surface area contributed by atoms with Gasteiger partial charge in [-0.1, -0.05) is 47.6 Å². The van der Waals surface area contributed by atoms with Crippen molar-refractivity contribution in [3.63, 3.8) is 0 Å². The summed E-state index contributed by atoms with van der Waals surface area (Å²) in [6, 6.07) is 12.8. The first-order valence-electron chi connectivity index (χ1n) is 7.75. The molecule has 0 aliphatic rings. The Balaban J connectivity index is 2.12. The number of benzene rings is 2. The topological polar surface area (TPSA) is 60.2 Å². The lowest BCUT2D eigenvalue weighted by Crippen LogP contribution is -2.08. The summed E-state index contributed by atoms with van der Waals surface area (Å²) in [5.74, 6) is -1.90. The molecule has 2 aromatic carbocycles.